The average molecular weight is 233 g/mol. The Morgan fingerprint density at radius 2 is 2.24 bits per heavy atom. The molecule has 3 atom stereocenters. The summed E-state index contributed by atoms with van der Waals surface area (Å²) < 4.78 is 0. The van der Waals surface area contributed by atoms with E-state index < -0.39 is 0 Å². The second-order valence-corrected chi connectivity index (χ2v) is 5.36. The van der Waals surface area contributed by atoms with Gasteiger partial charge in [-0.15, -0.1) is 0 Å². The monoisotopic (exact) mass is 233 g/mol. The maximum Gasteiger partial charge on any atom is 0.0805 e. The lowest BCUT2D eigenvalue weighted by Gasteiger charge is -2.30. The molecule has 0 bridgehead atoms. The first-order chi connectivity index (χ1) is 8.15. The van der Waals surface area contributed by atoms with Crippen LogP contribution < -0.4 is 5.32 Å². The number of benzene rings is 1. The van der Waals surface area contributed by atoms with Crippen LogP contribution in [0.1, 0.15) is 49.8 Å². The van der Waals surface area contributed by atoms with E-state index in [0.717, 1.165) is 12.0 Å². The maximum atomic E-state index is 10.2. The average Bonchev–Trinajstić information content (AvgIpc) is 2.29. The Bertz CT molecular complexity index is 364. The molecule has 2 N–H and O–H groups in total. The van der Waals surface area contributed by atoms with Crippen LogP contribution in [0.2, 0.25) is 0 Å². The molecule has 1 saturated heterocycles. The SMILES string of the molecule is Cc1cccc(C(O)CC2CCCC(C)N2)c1. The van der Waals surface area contributed by atoms with E-state index >= 15 is 0 Å². The van der Waals surface area contributed by atoms with Crippen molar-refractivity contribution in [3.8, 4) is 0 Å². The Morgan fingerprint density at radius 1 is 1.41 bits per heavy atom. The largest absolute Gasteiger partial charge is 0.388 e. The highest BCUT2D eigenvalue weighted by Gasteiger charge is 2.21. The molecule has 17 heavy (non-hydrogen) atoms. The number of rotatable bonds is 3. The zero-order valence-corrected chi connectivity index (χ0v) is 10.8. The van der Waals surface area contributed by atoms with E-state index in [0.29, 0.717) is 12.1 Å². The second-order valence-electron chi connectivity index (χ2n) is 5.36. The lowest BCUT2D eigenvalue weighted by molar-refractivity contribution is 0.139. The zero-order chi connectivity index (χ0) is 12.3. The number of hydrogen-bond acceptors (Lipinski definition) is 2. The smallest absolute Gasteiger partial charge is 0.0805 e. The van der Waals surface area contributed by atoms with Gasteiger partial charge in [0.2, 0.25) is 0 Å². The molecule has 2 rings (SSSR count). The Balaban J connectivity index is 1.94. The zero-order valence-electron chi connectivity index (χ0n) is 10.8. The van der Waals surface area contributed by atoms with Crippen LogP contribution in [0.4, 0.5) is 0 Å². The molecule has 2 nitrogen and oxygen atoms in total. The van der Waals surface area contributed by atoms with Crippen molar-refractivity contribution in [3.63, 3.8) is 0 Å². The Morgan fingerprint density at radius 3 is 2.94 bits per heavy atom. The van der Waals surface area contributed by atoms with Crippen molar-refractivity contribution < 1.29 is 5.11 Å². The highest BCUT2D eigenvalue weighted by Crippen LogP contribution is 2.23. The summed E-state index contributed by atoms with van der Waals surface area (Å²) in [6.45, 7) is 4.29. The summed E-state index contributed by atoms with van der Waals surface area (Å²) in [5.41, 5.74) is 2.26. The van der Waals surface area contributed by atoms with E-state index in [1.54, 1.807) is 0 Å². The number of hydrogen-bond donors (Lipinski definition) is 2. The number of nitrogens with one attached hydrogen (secondary N) is 1. The van der Waals surface area contributed by atoms with E-state index in [1.807, 2.05) is 12.1 Å². The second kappa shape index (κ2) is 5.65. The molecular weight excluding hydrogens is 210 g/mol. The summed E-state index contributed by atoms with van der Waals surface area (Å²) in [6.07, 6.45) is 4.22. The van der Waals surface area contributed by atoms with Crippen molar-refractivity contribution in [2.45, 2.75) is 57.7 Å². The molecule has 94 valence electrons. The Hall–Kier alpha value is -0.860. The minimum absolute atomic E-state index is 0.335. The molecule has 1 aromatic rings. The van der Waals surface area contributed by atoms with Crippen molar-refractivity contribution in [1.82, 2.24) is 5.32 Å². The van der Waals surface area contributed by atoms with Gasteiger partial charge in [-0.25, -0.2) is 0 Å². The van der Waals surface area contributed by atoms with Gasteiger partial charge in [-0.3, -0.25) is 0 Å². The lowest BCUT2D eigenvalue weighted by Crippen LogP contribution is -2.41. The fourth-order valence-corrected chi connectivity index (χ4v) is 2.71. The van der Waals surface area contributed by atoms with Crippen LogP contribution in [0.3, 0.4) is 0 Å². The van der Waals surface area contributed by atoms with Crippen molar-refractivity contribution in [2.75, 3.05) is 0 Å². The quantitative estimate of drug-likeness (QED) is 0.841. The van der Waals surface area contributed by atoms with Gasteiger partial charge in [0, 0.05) is 12.1 Å². The van der Waals surface area contributed by atoms with Gasteiger partial charge >= 0.3 is 0 Å². The summed E-state index contributed by atoms with van der Waals surface area (Å²) in [5, 5.41) is 13.8. The molecule has 1 fully saturated rings. The van der Waals surface area contributed by atoms with Crippen molar-refractivity contribution >= 4 is 0 Å². The van der Waals surface area contributed by atoms with E-state index in [4.69, 9.17) is 0 Å². The van der Waals surface area contributed by atoms with Gasteiger partial charge < -0.3 is 10.4 Å². The number of aryl methyl sites for hydroxylation is 1. The molecule has 0 spiro atoms. The van der Waals surface area contributed by atoms with Gasteiger partial charge in [-0.1, -0.05) is 36.2 Å². The molecule has 0 amide bonds. The summed E-state index contributed by atoms with van der Waals surface area (Å²) in [6, 6.07) is 9.25. The highest BCUT2D eigenvalue weighted by molar-refractivity contribution is 5.24. The fourth-order valence-electron chi connectivity index (χ4n) is 2.71. The predicted molar refractivity (Wildman–Crippen MR) is 71.0 cm³/mol. The van der Waals surface area contributed by atoms with Crippen LogP contribution in [-0.2, 0) is 0 Å². The summed E-state index contributed by atoms with van der Waals surface area (Å²) >= 11 is 0. The number of piperidine rings is 1. The number of aliphatic hydroxyl groups excluding tert-OH is 1. The lowest BCUT2D eigenvalue weighted by atomic mass is 9.93. The van der Waals surface area contributed by atoms with Crippen molar-refractivity contribution in [2.24, 2.45) is 0 Å². The van der Waals surface area contributed by atoms with Crippen LogP contribution in [0.5, 0.6) is 0 Å². The van der Waals surface area contributed by atoms with Gasteiger partial charge in [0.15, 0.2) is 0 Å². The molecule has 1 aliphatic heterocycles. The third-order valence-corrected chi connectivity index (χ3v) is 3.64. The van der Waals surface area contributed by atoms with Gasteiger partial charge in [0.05, 0.1) is 6.10 Å². The van der Waals surface area contributed by atoms with Crippen LogP contribution in [0.25, 0.3) is 0 Å². The molecule has 1 aromatic carbocycles. The van der Waals surface area contributed by atoms with Crippen LogP contribution in [-0.4, -0.2) is 17.2 Å². The topological polar surface area (TPSA) is 32.3 Å². The van der Waals surface area contributed by atoms with Crippen LogP contribution >= 0.6 is 0 Å². The van der Waals surface area contributed by atoms with Crippen molar-refractivity contribution in [3.05, 3.63) is 35.4 Å². The molecule has 2 heteroatoms. The molecule has 0 saturated carbocycles. The molecular formula is C15H23NO. The van der Waals surface area contributed by atoms with Gasteiger partial charge in [-0.05, 0) is 38.7 Å². The third-order valence-electron chi connectivity index (χ3n) is 3.64. The normalized spacial score (nSPS) is 26.8. The molecule has 0 aromatic heterocycles. The highest BCUT2D eigenvalue weighted by atomic mass is 16.3. The Kier molecular flexibility index (Phi) is 4.19. The Labute approximate surface area is 104 Å². The first kappa shape index (κ1) is 12.6. The van der Waals surface area contributed by atoms with Gasteiger partial charge in [0.25, 0.3) is 0 Å². The third kappa shape index (κ3) is 3.55. The van der Waals surface area contributed by atoms with E-state index in [-0.39, 0.29) is 6.10 Å². The summed E-state index contributed by atoms with van der Waals surface area (Å²) in [4.78, 5) is 0. The van der Waals surface area contributed by atoms with Gasteiger partial charge in [-0.2, -0.15) is 0 Å². The van der Waals surface area contributed by atoms with Crippen LogP contribution in [0.15, 0.2) is 24.3 Å². The molecule has 0 aliphatic carbocycles. The van der Waals surface area contributed by atoms with E-state index in [9.17, 15) is 5.11 Å². The van der Waals surface area contributed by atoms with E-state index in [2.05, 4.69) is 31.3 Å². The summed E-state index contributed by atoms with van der Waals surface area (Å²) in [5.74, 6) is 0. The standard InChI is InChI=1S/C15H23NO/c1-11-5-3-7-13(9-11)15(17)10-14-8-4-6-12(2)16-14/h3,5,7,9,12,14-17H,4,6,8,10H2,1-2H3. The van der Waals surface area contributed by atoms with Crippen LogP contribution in [0, 0.1) is 6.92 Å². The molecule has 3 unspecified atom stereocenters. The molecule has 0 radical (unpaired) electrons. The first-order valence-electron chi connectivity index (χ1n) is 6.66. The van der Waals surface area contributed by atoms with E-state index in [1.165, 1.54) is 24.8 Å². The van der Waals surface area contributed by atoms with Crippen molar-refractivity contribution in [1.29, 1.82) is 0 Å². The predicted octanol–water partition coefficient (Wildman–Crippen LogP) is 2.95. The van der Waals surface area contributed by atoms with Gasteiger partial charge in [0.1, 0.15) is 0 Å². The molecule has 1 heterocycles. The minimum Gasteiger partial charge on any atom is -0.388 e. The maximum absolute atomic E-state index is 10.2. The minimum atomic E-state index is -0.335. The molecule has 1 aliphatic rings. The number of aliphatic hydroxyl groups is 1. The summed E-state index contributed by atoms with van der Waals surface area (Å²) in [7, 11) is 0. The first-order valence-corrected chi connectivity index (χ1v) is 6.66. The fraction of sp³-hybridized carbons (Fsp3) is 0.600.